The summed E-state index contributed by atoms with van der Waals surface area (Å²) in [5, 5.41) is 0.730. The number of hydrogen-bond donors (Lipinski definition) is 1. The first-order valence-corrected chi connectivity index (χ1v) is 9.66. The van der Waals surface area contributed by atoms with E-state index in [1.165, 1.54) is 0 Å². The number of hydrogen-bond acceptors (Lipinski definition) is 4. The van der Waals surface area contributed by atoms with E-state index in [0.717, 1.165) is 46.1 Å². The molecule has 0 fully saturated rings. The molecule has 0 spiro atoms. The summed E-state index contributed by atoms with van der Waals surface area (Å²) < 4.78 is 5.19. The van der Waals surface area contributed by atoms with E-state index in [2.05, 4.69) is 25.1 Å². The third kappa shape index (κ3) is 3.90. The second-order valence-corrected chi connectivity index (χ2v) is 7.47. The van der Waals surface area contributed by atoms with Crippen LogP contribution in [0.2, 0.25) is 0 Å². The van der Waals surface area contributed by atoms with Crippen molar-refractivity contribution < 1.29 is 14.3 Å². The molecule has 0 radical (unpaired) electrons. The molecular formula is C24H22N2O3. The molecule has 0 saturated heterocycles. The normalized spacial score (nSPS) is 17.1. The van der Waals surface area contributed by atoms with Gasteiger partial charge in [-0.15, -0.1) is 0 Å². The van der Waals surface area contributed by atoms with Gasteiger partial charge in [0.05, 0.1) is 16.8 Å². The van der Waals surface area contributed by atoms with Gasteiger partial charge in [-0.05, 0) is 47.6 Å². The zero-order valence-corrected chi connectivity index (χ0v) is 16.2. The number of esters is 1. The molecule has 0 aliphatic heterocycles. The Bertz CT molecular complexity index is 1120. The number of rotatable bonds is 4. The van der Waals surface area contributed by atoms with E-state index in [0.29, 0.717) is 11.5 Å². The van der Waals surface area contributed by atoms with Gasteiger partial charge in [0.15, 0.2) is 6.61 Å². The summed E-state index contributed by atoms with van der Waals surface area (Å²) in [6, 6.07) is 17.6. The van der Waals surface area contributed by atoms with Crippen LogP contribution in [0.15, 0.2) is 54.6 Å². The van der Waals surface area contributed by atoms with E-state index in [9.17, 15) is 9.59 Å². The first kappa shape index (κ1) is 18.9. The van der Waals surface area contributed by atoms with Crippen LogP contribution in [0.25, 0.3) is 22.6 Å². The standard InChI is InChI=1S/C24H22N2O3/c1-15-11-17(13-16-7-3-2-4-8-16)23-19(12-15)22(24(28)29-14-21(25)27)18-9-5-6-10-20(18)26-23/h2-10,13,15H,11-12,14H2,1H3,(H2,25,27)/b17-13+/t15-/m0/s1. The number of ether oxygens (including phenoxy) is 1. The van der Waals surface area contributed by atoms with Crippen molar-refractivity contribution >= 4 is 34.4 Å². The van der Waals surface area contributed by atoms with Crippen LogP contribution in [-0.4, -0.2) is 23.5 Å². The maximum absolute atomic E-state index is 12.9. The number of allylic oxidation sites excluding steroid dienone is 1. The van der Waals surface area contributed by atoms with Gasteiger partial charge >= 0.3 is 5.97 Å². The minimum absolute atomic E-state index is 0.350. The van der Waals surface area contributed by atoms with Crippen molar-refractivity contribution in [3.8, 4) is 0 Å². The van der Waals surface area contributed by atoms with E-state index in [1.807, 2.05) is 42.5 Å². The molecule has 146 valence electrons. The van der Waals surface area contributed by atoms with E-state index in [-0.39, 0.29) is 0 Å². The maximum atomic E-state index is 12.9. The first-order valence-electron chi connectivity index (χ1n) is 9.66. The molecular weight excluding hydrogens is 364 g/mol. The molecule has 0 saturated carbocycles. The summed E-state index contributed by atoms with van der Waals surface area (Å²) in [4.78, 5) is 28.9. The molecule has 2 aromatic carbocycles. The second-order valence-electron chi connectivity index (χ2n) is 7.47. The van der Waals surface area contributed by atoms with E-state index >= 15 is 0 Å². The number of amides is 1. The summed E-state index contributed by atoms with van der Waals surface area (Å²) in [6.07, 6.45) is 3.73. The first-order chi connectivity index (χ1) is 14.0. The molecule has 0 bridgehead atoms. The molecule has 1 atom stereocenters. The van der Waals surface area contributed by atoms with E-state index in [1.54, 1.807) is 0 Å². The fourth-order valence-electron chi connectivity index (χ4n) is 3.93. The van der Waals surface area contributed by atoms with Crippen molar-refractivity contribution in [1.82, 2.24) is 4.98 Å². The van der Waals surface area contributed by atoms with Crippen LogP contribution in [0.4, 0.5) is 0 Å². The van der Waals surface area contributed by atoms with Crippen LogP contribution < -0.4 is 5.73 Å². The smallest absolute Gasteiger partial charge is 0.339 e. The Hall–Kier alpha value is -3.47. The van der Waals surface area contributed by atoms with Crippen LogP contribution >= 0.6 is 0 Å². The molecule has 1 aliphatic carbocycles. The number of para-hydroxylation sites is 1. The van der Waals surface area contributed by atoms with E-state index < -0.39 is 18.5 Å². The largest absolute Gasteiger partial charge is 0.452 e. The maximum Gasteiger partial charge on any atom is 0.339 e. The second kappa shape index (κ2) is 7.87. The third-order valence-corrected chi connectivity index (χ3v) is 5.11. The molecule has 1 heterocycles. The van der Waals surface area contributed by atoms with Gasteiger partial charge < -0.3 is 10.5 Å². The van der Waals surface area contributed by atoms with Gasteiger partial charge in [-0.2, -0.15) is 0 Å². The Morgan fingerprint density at radius 3 is 2.59 bits per heavy atom. The highest BCUT2D eigenvalue weighted by molar-refractivity contribution is 6.07. The lowest BCUT2D eigenvalue weighted by atomic mass is 9.80. The van der Waals surface area contributed by atoms with E-state index in [4.69, 9.17) is 15.5 Å². The number of benzene rings is 2. The highest BCUT2D eigenvalue weighted by atomic mass is 16.5. The SMILES string of the molecule is C[C@H]1C/C(=C\c2ccccc2)c2nc3ccccc3c(C(=O)OCC(N)=O)c2C1. The van der Waals surface area contributed by atoms with Crippen molar-refractivity contribution in [2.24, 2.45) is 11.7 Å². The van der Waals surface area contributed by atoms with Crippen molar-refractivity contribution in [2.45, 2.75) is 19.8 Å². The molecule has 0 unspecified atom stereocenters. The van der Waals surface area contributed by atoms with Crippen molar-refractivity contribution in [2.75, 3.05) is 6.61 Å². The monoisotopic (exact) mass is 386 g/mol. The minimum atomic E-state index is -0.677. The van der Waals surface area contributed by atoms with Crippen LogP contribution in [0, 0.1) is 5.92 Å². The van der Waals surface area contributed by atoms with Crippen LogP contribution in [0.3, 0.4) is 0 Å². The molecule has 1 aliphatic rings. The summed E-state index contributed by atoms with van der Waals surface area (Å²) in [6.45, 7) is 1.72. The van der Waals surface area contributed by atoms with Gasteiger partial charge in [0.1, 0.15) is 0 Å². The molecule has 5 heteroatoms. The Morgan fingerprint density at radius 1 is 1.10 bits per heavy atom. The molecule has 1 aromatic heterocycles. The van der Waals surface area contributed by atoms with Crippen molar-refractivity contribution in [1.29, 1.82) is 0 Å². The van der Waals surface area contributed by atoms with Gasteiger partial charge in [0.25, 0.3) is 5.91 Å². The predicted octanol–water partition coefficient (Wildman–Crippen LogP) is 4.00. The number of carbonyl (C=O) groups is 2. The number of aromatic nitrogens is 1. The zero-order chi connectivity index (χ0) is 20.4. The fraction of sp³-hybridized carbons (Fsp3) is 0.208. The molecule has 1 amide bonds. The Kier molecular flexibility index (Phi) is 5.12. The molecule has 4 rings (SSSR count). The fourth-order valence-corrected chi connectivity index (χ4v) is 3.93. The van der Waals surface area contributed by atoms with Crippen molar-refractivity contribution in [3.05, 3.63) is 77.0 Å². The van der Waals surface area contributed by atoms with Crippen molar-refractivity contribution in [3.63, 3.8) is 0 Å². The average molecular weight is 386 g/mol. The summed E-state index contributed by atoms with van der Waals surface area (Å²) in [5.74, 6) is -0.862. The number of primary amides is 1. The average Bonchev–Trinajstić information content (AvgIpc) is 2.71. The van der Waals surface area contributed by atoms with Crippen LogP contribution in [0.5, 0.6) is 0 Å². The predicted molar refractivity (Wildman–Crippen MR) is 113 cm³/mol. The summed E-state index contributed by atoms with van der Waals surface area (Å²) in [7, 11) is 0. The number of fused-ring (bicyclic) bond motifs is 2. The number of nitrogens with two attached hydrogens (primary N) is 1. The van der Waals surface area contributed by atoms with Gasteiger partial charge in [-0.25, -0.2) is 9.78 Å². The Morgan fingerprint density at radius 2 is 1.83 bits per heavy atom. The molecule has 29 heavy (non-hydrogen) atoms. The summed E-state index contributed by atoms with van der Waals surface area (Å²) in [5.41, 5.74) is 10.3. The highest BCUT2D eigenvalue weighted by Crippen LogP contribution is 2.38. The zero-order valence-electron chi connectivity index (χ0n) is 16.2. The third-order valence-electron chi connectivity index (χ3n) is 5.11. The summed E-state index contributed by atoms with van der Waals surface area (Å²) >= 11 is 0. The lowest BCUT2D eigenvalue weighted by Crippen LogP contribution is -2.23. The van der Waals surface area contributed by atoms with Crippen LogP contribution in [0.1, 0.15) is 40.5 Å². The quantitative estimate of drug-likeness (QED) is 0.687. The Labute approximate surface area is 169 Å². The van der Waals surface area contributed by atoms with Gasteiger partial charge in [-0.3, -0.25) is 4.79 Å². The molecule has 2 N–H and O–H groups in total. The number of nitrogens with zero attached hydrogens (tertiary/aromatic N) is 1. The lowest BCUT2D eigenvalue weighted by molar-refractivity contribution is -0.121. The van der Waals surface area contributed by atoms with Gasteiger partial charge in [0.2, 0.25) is 0 Å². The van der Waals surface area contributed by atoms with Crippen LogP contribution in [-0.2, 0) is 16.0 Å². The van der Waals surface area contributed by atoms with Gasteiger partial charge in [0, 0.05) is 5.39 Å². The topological polar surface area (TPSA) is 82.3 Å². The minimum Gasteiger partial charge on any atom is -0.452 e. The Balaban J connectivity index is 1.91. The van der Waals surface area contributed by atoms with Gasteiger partial charge in [-0.1, -0.05) is 55.5 Å². The lowest BCUT2D eigenvalue weighted by Gasteiger charge is -2.26. The highest BCUT2D eigenvalue weighted by Gasteiger charge is 2.28. The number of pyridine rings is 1. The number of carbonyl (C=O) groups excluding carboxylic acids is 2. The molecule has 3 aromatic rings. The molecule has 5 nitrogen and oxygen atoms in total.